The highest BCUT2D eigenvalue weighted by atomic mass is 79.9. The molecule has 5 heteroatoms. The van der Waals surface area contributed by atoms with Crippen LogP contribution in [0.15, 0.2) is 59.1 Å². The Morgan fingerprint density at radius 3 is 2.48 bits per heavy atom. The van der Waals surface area contributed by atoms with Crippen LogP contribution in [0.2, 0.25) is 0 Å². The van der Waals surface area contributed by atoms with Gasteiger partial charge in [-0.15, -0.1) is 5.10 Å². The summed E-state index contributed by atoms with van der Waals surface area (Å²) in [5, 5.41) is 7.37. The van der Waals surface area contributed by atoms with E-state index in [1.54, 1.807) is 12.1 Å². The van der Waals surface area contributed by atoms with Gasteiger partial charge in [-0.1, -0.05) is 48.0 Å². The fraction of sp³-hybridized carbons (Fsp3) is 0.200. The summed E-state index contributed by atoms with van der Waals surface area (Å²) in [6, 6.07) is 17.5. The molecule has 0 aliphatic rings. The number of aromatic nitrogens is 2. The molecule has 0 radical (unpaired) electrons. The van der Waals surface area contributed by atoms with Crippen LogP contribution in [0.5, 0.6) is 0 Å². The van der Waals surface area contributed by atoms with Crippen molar-refractivity contribution in [2.24, 2.45) is 0 Å². The summed E-state index contributed by atoms with van der Waals surface area (Å²) in [7, 11) is 0. The minimum Gasteiger partial charge on any atom is -0.305 e. The molecule has 0 saturated carbocycles. The van der Waals surface area contributed by atoms with Crippen molar-refractivity contribution in [1.82, 2.24) is 9.78 Å². The van der Waals surface area contributed by atoms with Gasteiger partial charge in [0.2, 0.25) is 0 Å². The fourth-order valence-corrected chi connectivity index (χ4v) is 3.01. The standard InChI is InChI=1S/C20H20BrN3O/c1-13(2)15-7-9-18(10-8-15)24-14(3)11-19(23-24)22-20(25)16-5-4-6-17(21)12-16/h4-13H,1-3H3,(H,22,23,25). The molecular formula is C20H20BrN3O. The van der Waals surface area contributed by atoms with Gasteiger partial charge in [0.05, 0.1) is 5.69 Å². The molecule has 0 bridgehead atoms. The highest BCUT2D eigenvalue weighted by molar-refractivity contribution is 9.10. The van der Waals surface area contributed by atoms with E-state index in [-0.39, 0.29) is 5.91 Å². The molecule has 2 aromatic carbocycles. The summed E-state index contributed by atoms with van der Waals surface area (Å²) in [5.41, 5.74) is 3.81. The number of rotatable bonds is 4. The van der Waals surface area contributed by atoms with Gasteiger partial charge in [-0.05, 0) is 48.7 Å². The number of nitrogens with one attached hydrogen (secondary N) is 1. The third-order valence-corrected chi connectivity index (χ3v) is 4.51. The monoisotopic (exact) mass is 397 g/mol. The topological polar surface area (TPSA) is 46.9 Å². The first kappa shape index (κ1) is 17.4. The van der Waals surface area contributed by atoms with Crippen molar-refractivity contribution >= 4 is 27.7 Å². The zero-order valence-corrected chi connectivity index (χ0v) is 16.0. The third kappa shape index (κ3) is 3.99. The van der Waals surface area contributed by atoms with Gasteiger partial charge in [0.1, 0.15) is 0 Å². The summed E-state index contributed by atoms with van der Waals surface area (Å²) >= 11 is 3.38. The number of aryl methyl sites for hydroxylation is 1. The average Bonchev–Trinajstić information content (AvgIpc) is 2.95. The van der Waals surface area contributed by atoms with Crippen molar-refractivity contribution < 1.29 is 4.79 Å². The summed E-state index contributed by atoms with van der Waals surface area (Å²) in [5.74, 6) is 0.851. The molecule has 0 fully saturated rings. The van der Waals surface area contributed by atoms with E-state index in [0.717, 1.165) is 15.9 Å². The molecule has 25 heavy (non-hydrogen) atoms. The molecule has 128 valence electrons. The largest absolute Gasteiger partial charge is 0.305 e. The predicted molar refractivity (Wildman–Crippen MR) is 104 cm³/mol. The van der Waals surface area contributed by atoms with Crippen LogP contribution in [-0.2, 0) is 0 Å². The van der Waals surface area contributed by atoms with Crippen molar-refractivity contribution in [1.29, 1.82) is 0 Å². The first-order valence-corrected chi connectivity index (χ1v) is 8.97. The highest BCUT2D eigenvalue weighted by Gasteiger charge is 2.11. The number of carbonyl (C=O) groups is 1. The first-order valence-electron chi connectivity index (χ1n) is 8.18. The number of carbonyl (C=O) groups excluding carboxylic acids is 1. The number of anilines is 1. The third-order valence-electron chi connectivity index (χ3n) is 4.02. The van der Waals surface area contributed by atoms with Gasteiger partial charge in [-0.25, -0.2) is 4.68 Å². The van der Waals surface area contributed by atoms with Gasteiger partial charge >= 0.3 is 0 Å². The second kappa shape index (κ2) is 7.23. The van der Waals surface area contributed by atoms with Crippen molar-refractivity contribution in [2.45, 2.75) is 26.7 Å². The first-order chi connectivity index (χ1) is 11.9. The van der Waals surface area contributed by atoms with Gasteiger partial charge in [-0.3, -0.25) is 4.79 Å². The number of halogens is 1. The summed E-state index contributed by atoms with van der Waals surface area (Å²) < 4.78 is 2.70. The van der Waals surface area contributed by atoms with Crippen LogP contribution in [-0.4, -0.2) is 15.7 Å². The van der Waals surface area contributed by atoms with E-state index in [1.807, 2.05) is 29.8 Å². The van der Waals surface area contributed by atoms with E-state index in [1.165, 1.54) is 5.56 Å². The Kier molecular flexibility index (Phi) is 5.04. The maximum Gasteiger partial charge on any atom is 0.256 e. The lowest BCUT2D eigenvalue weighted by atomic mass is 10.0. The number of nitrogens with zero attached hydrogens (tertiary/aromatic N) is 2. The number of hydrogen-bond donors (Lipinski definition) is 1. The summed E-state index contributed by atoms with van der Waals surface area (Å²) in [6.45, 7) is 6.31. The zero-order valence-electron chi connectivity index (χ0n) is 14.5. The van der Waals surface area contributed by atoms with Gasteiger partial charge in [0, 0.05) is 21.8 Å². The van der Waals surface area contributed by atoms with Crippen molar-refractivity contribution in [3.05, 3.63) is 75.9 Å². The molecule has 1 aromatic heterocycles. The zero-order chi connectivity index (χ0) is 18.0. The average molecular weight is 398 g/mol. The lowest BCUT2D eigenvalue weighted by molar-refractivity contribution is 0.102. The Labute approximate surface area is 156 Å². The molecular weight excluding hydrogens is 378 g/mol. The quantitative estimate of drug-likeness (QED) is 0.647. The van der Waals surface area contributed by atoms with E-state index in [4.69, 9.17) is 0 Å². The maximum absolute atomic E-state index is 12.4. The normalized spacial score (nSPS) is 10.9. The van der Waals surface area contributed by atoms with E-state index in [9.17, 15) is 4.79 Å². The van der Waals surface area contributed by atoms with Crippen LogP contribution in [0.4, 0.5) is 5.82 Å². The minimum absolute atomic E-state index is 0.180. The number of hydrogen-bond acceptors (Lipinski definition) is 2. The van der Waals surface area contributed by atoms with Crippen LogP contribution in [0, 0.1) is 6.92 Å². The molecule has 3 rings (SSSR count). The Balaban J connectivity index is 1.81. The van der Waals surface area contributed by atoms with E-state index in [2.05, 4.69) is 64.5 Å². The van der Waals surface area contributed by atoms with Gasteiger partial charge in [0.25, 0.3) is 5.91 Å². The Morgan fingerprint density at radius 1 is 1.12 bits per heavy atom. The van der Waals surface area contributed by atoms with Crippen molar-refractivity contribution in [2.75, 3.05) is 5.32 Å². The maximum atomic E-state index is 12.4. The second-order valence-electron chi connectivity index (χ2n) is 6.29. The molecule has 1 amide bonds. The van der Waals surface area contributed by atoms with Crippen molar-refractivity contribution in [3.8, 4) is 5.69 Å². The van der Waals surface area contributed by atoms with E-state index < -0.39 is 0 Å². The SMILES string of the molecule is Cc1cc(NC(=O)c2cccc(Br)c2)nn1-c1ccc(C(C)C)cc1. The predicted octanol–water partition coefficient (Wildman–Crippen LogP) is 5.32. The van der Waals surface area contributed by atoms with Crippen molar-refractivity contribution in [3.63, 3.8) is 0 Å². The van der Waals surface area contributed by atoms with Crippen LogP contribution in [0.1, 0.15) is 41.4 Å². The molecule has 4 nitrogen and oxygen atoms in total. The molecule has 0 saturated heterocycles. The van der Waals surface area contributed by atoms with Crippen LogP contribution in [0.25, 0.3) is 5.69 Å². The Morgan fingerprint density at radius 2 is 1.84 bits per heavy atom. The minimum atomic E-state index is -0.180. The number of amides is 1. The molecule has 0 aliphatic carbocycles. The van der Waals surface area contributed by atoms with Gasteiger partial charge in [0.15, 0.2) is 5.82 Å². The van der Waals surface area contributed by atoms with Crippen LogP contribution >= 0.6 is 15.9 Å². The van der Waals surface area contributed by atoms with E-state index in [0.29, 0.717) is 17.3 Å². The molecule has 1 N–H and O–H groups in total. The van der Waals surface area contributed by atoms with Crippen LogP contribution < -0.4 is 5.32 Å². The smallest absolute Gasteiger partial charge is 0.256 e. The number of benzene rings is 2. The van der Waals surface area contributed by atoms with Gasteiger partial charge in [-0.2, -0.15) is 0 Å². The van der Waals surface area contributed by atoms with Crippen LogP contribution in [0.3, 0.4) is 0 Å². The van der Waals surface area contributed by atoms with Gasteiger partial charge < -0.3 is 5.32 Å². The summed E-state index contributed by atoms with van der Waals surface area (Å²) in [6.07, 6.45) is 0. The van der Waals surface area contributed by atoms with E-state index >= 15 is 0 Å². The molecule has 0 aliphatic heterocycles. The lowest BCUT2D eigenvalue weighted by Gasteiger charge is -2.08. The Hall–Kier alpha value is -2.40. The molecule has 0 atom stereocenters. The molecule has 0 unspecified atom stereocenters. The fourth-order valence-electron chi connectivity index (χ4n) is 2.62. The Bertz CT molecular complexity index is 898. The lowest BCUT2D eigenvalue weighted by Crippen LogP contribution is -2.12. The second-order valence-corrected chi connectivity index (χ2v) is 7.21. The molecule has 0 spiro atoms. The summed E-state index contributed by atoms with van der Waals surface area (Å²) in [4.78, 5) is 12.4. The molecule has 1 heterocycles. The highest BCUT2D eigenvalue weighted by Crippen LogP contribution is 2.20. The molecule has 3 aromatic rings.